The second kappa shape index (κ2) is 8.31. The maximum absolute atomic E-state index is 12.9. The molecule has 2 N–H and O–H groups in total. The van der Waals surface area contributed by atoms with Crippen molar-refractivity contribution in [2.75, 3.05) is 5.32 Å². The number of nitrogens with one attached hydrogen (secondary N) is 1. The highest BCUT2D eigenvalue weighted by molar-refractivity contribution is 9.10. The Morgan fingerprint density at radius 1 is 0.963 bits per heavy atom. The van der Waals surface area contributed by atoms with Crippen LogP contribution in [0.15, 0.2) is 65.2 Å². The number of rotatable bonds is 5. The smallest absolute Gasteiger partial charge is 0.307 e. The van der Waals surface area contributed by atoms with Crippen LogP contribution in [0.3, 0.4) is 0 Å². The number of carboxylic acid groups (broad SMARTS) is 1. The van der Waals surface area contributed by atoms with E-state index in [1.54, 1.807) is 48.5 Å². The molecule has 0 aliphatic heterocycles. The zero-order valence-corrected chi connectivity index (χ0v) is 16.0. The van der Waals surface area contributed by atoms with Crippen molar-refractivity contribution < 1.29 is 19.5 Å². The Kier molecular flexibility index (Phi) is 5.86. The summed E-state index contributed by atoms with van der Waals surface area (Å²) in [5.74, 6) is -3.04. The van der Waals surface area contributed by atoms with Gasteiger partial charge in [0.15, 0.2) is 5.78 Å². The van der Waals surface area contributed by atoms with Crippen molar-refractivity contribution in [3.8, 4) is 0 Å². The van der Waals surface area contributed by atoms with Gasteiger partial charge < -0.3 is 10.4 Å². The lowest BCUT2D eigenvalue weighted by Gasteiger charge is -2.24. The van der Waals surface area contributed by atoms with Gasteiger partial charge in [-0.05, 0) is 31.0 Å². The maximum atomic E-state index is 12.9. The van der Waals surface area contributed by atoms with Crippen LogP contribution in [-0.4, -0.2) is 22.8 Å². The molecule has 0 heterocycles. The summed E-state index contributed by atoms with van der Waals surface area (Å²) < 4.78 is 0.712. The van der Waals surface area contributed by atoms with Crippen LogP contribution in [0.25, 0.3) is 0 Å². The molecule has 2 aromatic rings. The summed E-state index contributed by atoms with van der Waals surface area (Å²) in [6.45, 7) is 0. The van der Waals surface area contributed by atoms with Crippen LogP contribution < -0.4 is 5.32 Å². The minimum absolute atomic E-state index is 0.217. The van der Waals surface area contributed by atoms with Gasteiger partial charge >= 0.3 is 5.97 Å². The van der Waals surface area contributed by atoms with Gasteiger partial charge in [0.25, 0.3) is 0 Å². The Hall–Kier alpha value is -2.73. The predicted octanol–water partition coefficient (Wildman–Crippen LogP) is 4.29. The van der Waals surface area contributed by atoms with E-state index < -0.39 is 23.7 Å². The molecular weight excluding hydrogens is 410 g/mol. The number of hydrogen-bond acceptors (Lipinski definition) is 3. The van der Waals surface area contributed by atoms with Gasteiger partial charge in [-0.25, -0.2) is 0 Å². The fourth-order valence-electron chi connectivity index (χ4n) is 3.16. The van der Waals surface area contributed by atoms with Crippen LogP contribution in [0.4, 0.5) is 5.69 Å². The van der Waals surface area contributed by atoms with E-state index in [0.717, 1.165) is 0 Å². The molecule has 3 rings (SSSR count). The van der Waals surface area contributed by atoms with E-state index in [4.69, 9.17) is 0 Å². The maximum Gasteiger partial charge on any atom is 0.307 e. The first-order valence-corrected chi connectivity index (χ1v) is 9.34. The molecule has 0 saturated heterocycles. The topological polar surface area (TPSA) is 83.5 Å². The average molecular weight is 428 g/mol. The van der Waals surface area contributed by atoms with Crippen LogP contribution in [-0.2, 0) is 9.59 Å². The van der Waals surface area contributed by atoms with E-state index in [1.807, 2.05) is 12.1 Å². The van der Waals surface area contributed by atoms with Crippen LogP contribution in [0.1, 0.15) is 28.8 Å². The molecule has 0 bridgehead atoms. The van der Waals surface area contributed by atoms with Gasteiger partial charge in [-0.15, -0.1) is 0 Å². The van der Waals surface area contributed by atoms with Crippen molar-refractivity contribution in [3.63, 3.8) is 0 Å². The summed E-state index contributed by atoms with van der Waals surface area (Å²) in [6.07, 6.45) is 4.29. The number of carboxylic acids is 1. The Bertz CT molecular complexity index is 908. The molecule has 6 heteroatoms. The molecule has 0 spiro atoms. The lowest BCUT2D eigenvalue weighted by molar-refractivity contribution is -0.146. The predicted molar refractivity (Wildman–Crippen MR) is 106 cm³/mol. The third-order valence-corrected chi connectivity index (χ3v) is 5.10. The molecule has 0 radical (unpaired) electrons. The van der Waals surface area contributed by atoms with Gasteiger partial charge in [0, 0.05) is 15.6 Å². The Balaban J connectivity index is 1.89. The van der Waals surface area contributed by atoms with Crippen molar-refractivity contribution in [3.05, 3.63) is 76.3 Å². The number of halogens is 1. The number of carbonyl (C=O) groups is 3. The molecular formula is C21H18BrNO4. The molecule has 0 fully saturated rings. The monoisotopic (exact) mass is 427 g/mol. The third kappa shape index (κ3) is 4.34. The van der Waals surface area contributed by atoms with Gasteiger partial charge in [-0.3, -0.25) is 14.4 Å². The van der Waals surface area contributed by atoms with Crippen molar-refractivity contribution >= 4 is 39.3 Å². The van der Waals surface area contributed by atoms with Gasteiger partial charge in [0.1, 0.15) is 0 Å². The van der Waals surface area contributed by atoms with Crippen molar-refractivity contribution in [1.82, 2.24) is 0 Å². The summed E-state index contributed by atoms with van der Waals surface area (Å²) in [7, 11) is 0. The molecule has 1 aliphatic rings. The summed E-state index contributed by atoms with van der Waals surface area (Å²) in [6, 6.07) is 13.8. The summed E-state index contributed by atoms with van der Waals surface area (Å²) in [5, 5.41) is 12.1. The molecule has 2 aromatic carbocycles. The normalized spacial score (nSPS) is 18.7. The van der Waals surface area contributed by atoms with Crippen molar-refractivity contribution in [1.29, 1.82) is 0 Å². The summed E-state index contributed by atoms with van der Waals surface area (Å²) in [5.41, 5.74) is 1.23. The minimum atomic E-state index is -0.990. The SMILES string of the molecule is O=C(c1ccccc1)c1cc(Br)ccc1NC(=O)[C@@H]1CC=CC[C@@H]1C(=O)O. The van der Waals surface area contributed by atoms with Crippen molar-refractivity contribution in [2.24, 2.45) is 11.8 Å². The number of carbonyl (C=O) groups excluding carboxylic acids is 2. The standard InChI is InChI=1S/C21H18BrNO4/c22-14-10-11-18(17(12-14)19(24)13-6-2-1-3-7-13)23-20(25)15-8-4-5-9-16(15)21(26)27/h1-7,10-12,15-16H,8-9H2,(H,23,25)(H,26,27)/t15-,16+/m1/s1. The second-order valence-electron chi connectivity index (χ2n) is 6.37. The molecule has 1 amide bonds. The molecule has 138 valence electrons. The quantitative estimate of drug-likeness (QED) is 0.550. The first-order valence-electron chi connectivity index (χ1n) is 8.55. The van der Waals surface area contributed by atoms with Gasteiger partial charge in [-0.2, -0.15) is 0 Å². The molecule has 1 aliphatic carbocycles. The zero-order chi connectivity index (χ0) is 19.4. The minimum Gasteiger partial charge on any atom is -0.481 e. The van der Waals surface area contributed by atoms with Crippen LogP contribution in [0.2, 0.25) is 0 Å². The van der Waals surface area contributed by atoms with Gasteiger partial charge in [0.05, 0.1) is 17.5 Å². The largest absolute Gasteiger partial charge is 0.481 e. The Morgan fingerprint density at radius 2 is 1.63 bits per heavy atom. The number of amides is 1. The van der Waals surface area contributed by atoms with E-state index in [2.05, 4.69) is 21.2 Å². The van der Waals surface area contributed by atoms with Crippen LogP contribution in [0, 0.1) is 11.8 Å². The number of hydrogen-bond donors (Lipinski definition) is 2. The third-order valence-electron chi connectivity index (χ3n) is 4.61. The van der Waals surface area contributed by atoms with Gasteiger partial charge in [-0.1, -0.05) is 58.4 Å². The first kappa shape index (κ1) is 19.0. The van der Waals surface area contributed by atoms with Crippen LogP contribution >= 0.6 is 15.9 Å². The Morgan fingerprint density at radius 3 is 2.30 bits per heavy atom. The second-order valence-corrected chi connectivity index (χ2v) is 7.28. The van der Waals surface area contributed by atoms with E-state index in [1.165, 1.54) is 0 Å². The highest BCUT2D eigenvalue weighted by Crippen LogP contribution is 2.29. The number of ketones is 1. The fourth-order valence-corrected chi connectivity index (χ4v) is 3.52. The molecule has 5 nitrogen and oxygen atoms in total. The van der Waals surface area contributed by atoms with E-state index in [-0.39, 0.29) is 5.78 Å². The number of anilines is 1. The lowest BCUT2D eigenvalue weighted by Crippen LogP contribution is -2.35. The van der Waals surface area contributed by atoms with Crippen LogP contribution in [0.5, 0.6) is 0 Å². The van der Waals surface area contributed by atoms with E-state index >= 15 is 0 Å². The Labute approximate surface area is 165 Å². The first-order chi connectivity index (χ1) is 13.0. The summed E-state index contributed by atoms with van der Waals surface area (Å²) in [4.78, 5) is 37.1. The zero-order valence-electron chi connectivity index (χ0n) is 14.4. The van der Waals surface area contributed by atoms with E-state index in [9.17, 15) is 19.5 Å². The number of aliphatic carboxylic acids is 1. The molecule has 2 atom stereocenters. The molecule has 0 unspecified atom stereocenters. The number of benzene rings is 2. The molecule has 27 heavy (non-hydrogen) atoms. The van der Waals surface area contributed by atoms with Gasteiger partial charge in [0.2, 0.25) is 5.91 Å². The number of allylic oxidation sites excluding steroid dienone is 2. The lowest BCUT2D eigenvalue weighted by atomic mass is 9.82. The highest BCUT2D eigenvalue weighted by atomic mass is 79.9. The van der Waals surface area contributed by atoms with Crippen molar-refractivity contribution in [2.45, 2.75) is 12.8 Å². The average Bonchev–Trinajstić information content (AvgIpc) is 2.69. The molecule has 0 aromatic heterocycles. The molecule has 0 saturated carbocycles. The highest BCUT2D eigenvalue weighted by Gasteiger charge is 2.34. The van der Waals surface area contributed by atoms with E-state index in [0.29, 0.717) is 34.1 Å². The summed E-state index contributed by atoms with van der Waals surface area (Å²) >= 11 is 3.36. The fraction of sp³-hybridized carbons (Fsp3) is 0.190.